The molecule has 3 aromatic carbocycles. The van der Waals surface area contributed by atoms with Crippen LogP contribution in [0.1, 0.15) is 36.0 Å². The first-order valence-electron chi connectivity index (χ1n) is 9.72. The molecule has 1 saturated carbocycles. The molecule has 5 heteroatoms. The molecule has 1 aromatic heterocycles. The highest BCUT2D eigenvalue weighted by atomic mass is 16.5. The molecule has 5 nitrogen and oxygen atoms in total. The van der Waals surface area contributed by atoms with Crippen molar-refractivity contribution in [3.63, 3.8) is 0 Å². The van der Waals surface area contributed by atoms with Crippen LogP contribution >= 0.6 is 0 Å². The maximum atomic E-state index is 12.9. The molecule has 1 aliphatic rings. The van der Waals surface area contributed by atoms with E-state index in [9.17, 15) is 4.79 Å². The van der Waals surface area contributed by atoms with Crippen LogP contribution in [0.2, 0.25) is 0 Å². The smallest absolute Gasteiger partial charge is 0.257 e. The highest BCUT2D eigenvalue weighted by molar-refractivity contribution is 6.14. The number of nitrogens with zero attached hydrogens (tertiary/aromatic N) is 1. The van der Waals surface area contributed by atoms with E-state index in [0.29, 0.717) is 11.4 Å². The molecule has 140 valence electrons. The lowest BCUT2D eigenvalue weighted by Crippen LogP contribution is -2.13. The Kier molecular flexibility index (Phi) is 4.20. The highest BCUT2D eigenvalue weighted by Gasteiger charge is 2.18. The normalized spacial score (nSPS) is 14.6. The van der Waals surface area contributed by atoms with Crippen LogP contribution in [-0.4, -0.2) is 22.2 Å². The van der Waals surface area contributed by atoms with Crippen LogP contribution in [0, 0.1) is 0 Å². The van der Waals surface area contributed by atoms with E-state index in [1.807, 2.05) is 60.7 Å². The second-order valence-corrected chi connectivity index (χ2v) is 7.28. The van der Waals surface area contributed by atoms with Gasteiger partial charge in [0.2, 0.25) is 0 Å². The van der Waals surface area contributed by atoms with E-state index < -0.39 is 0 Å². The number of carbonyl (C=O) groups excluding carboxylic acids is 1. The zero-order valence-electron chi connectivity index (χ0n) is 15.4. The number of hydrogen-bond acceptors (Lipinski definition) is 3. The van der Waals surface area contributed by atoms with Crippen molar-refractivity contribution in [3.05, 3.63) is 66.2 Å². The van der Waals surface area contributed by atoms with Gasteiger partial charge in [-0.1, -0.05) is 36.4 Å². The van der Waals surface area contributed by atoms with Crippen molar-refractivity contribution in [2.45, 2.75) is 31.8 Å². The summed E-state index contributed by atoms with van der Waals surface area (Å²) in [6.07, 6.45) is 4.95. The quantitative estimate of drug-likeness (QED) is 0.512. The molecule has 1 fully saturated rings. The first kappa shape index (κ1) is 16.8. The molecule has 5 rings (SSSR count). The zero-order chi connectivity index (χ0) is 18.9. The molecule has 0 saturated heterocycles. The van der Waals surface area contributed by atoms with Crippen LogP contribution in [-0.2, 0) is 0 Å². The minimum absolute atomic E-state index is 0.174. The Hall–Kier alpha value is -3.34. The van der Waals surface area contributed by atoms with Gasteiger partial charge in [0.15, 0.2) is 5.82 Å². The third kappa shape index (κ3) is 3.09. The Morgan fingerprint density at radius 1 is 1.00 bits per heavy atom. The van der Waals surface area contributed by atoms with Crippen molar-refractivity contribution < 1.29 is 9.53 Å². The van der Waals surface area contributed by atoms with E-state index in [1.165, 1.54) is 12.8 Å². The molecule has 0 radical (unpaired) electrons. The van der Waals surface area contributed by atoms with Gasteiger partial charge >= 0.3 is 0 Å². The summed E-state index contributed by atoms with van der Waals surface area (Å²) in [5.74, 6) is 1.17. The van der Waals surface area contributed by atoms with Gasteiger partial charge < -0.3 is 10.1 Å². The summed E-state index contributed by atoms with van der Waals surface area (Å²) in [5, 5.41) is 13.1. The highest BCUT2D eigenvalue weighted by Crippen LogP contribution is 2.29. The molecule has 0 unspecified atom stereocenters. The summed E-state index contributed by atoms with van der Waals surface area (Å²) < 4.78 is 6.10. The number of hydrogen-bond donors (Lipinski definition) is 2. The number of benzene rings is 3. The minimum Gasteiger partial charge on any atom is -0.490 e. The van der Waals surface area contributed by atoms with Crippen LogP contribution in [0.3, 0.4) is 0 Å². The van der Waals surface area contributed by atoms with Crippen LogP contribution in [0.15, 0.2) is 60.7 Å². The number of aromatic nitrogens is 2. The van der Waals surface area contributed by atoms with E-state index >= 15 is 0 Å². The summed E-state index contributed by atoms with van der Waals surface area (Å²) in [6.45, 7) is 0. The van der Waals surface area contributed by atoms with Crippen molar-refractivity contribution in [1.82, 2.24) is 10.2 Å². The summed E-state index contributed by atoms with van der Waals surface area (Å²) in [5.41, 5.74) is 1.50. The predicted octanol–water partition coefficient (Wildman–Crippen LogP) is 5.29. The largest absolute Gasteiger partial charge is 0.490 e. The molecule has 0 bridgehead atoms. The van der Waals surface area contributed by atoms with Gasteiger partial charge in [-0.25, -0.2) is 0 Å². The average Bonchev–Trinajstić information content (AvgIpc) is 3.38. The molecular formula is C23H21N3O2. The maximum Gasteiger partial charge on any atom is 0.257 e. The zero-order valence-corrected chi connectivity index (χ0v) is 15.4. The third-order valence-electron chi connectivity index (χ3n) is 5.41. The topological polar surface area (TPSA) is 67.0 Å². The lowest BCUT2D eigenvalue weighted by molar-refractivity contribution is 0.102. The molecule has 0 atom stereocenters. The molecule has 4 aromatic rings. The molecule has 28 heavy (non-hydrogen) atoms. The van der Waals surface area contributed by atoms with Gasteiger partial charge in [0.05, 0.1) is 11.6 Å². The number of fused-ring (bicyclic) bond motifs is 2. The second-order valence-electron chi connectivity index (χ2n) is 7.28. The van der Waals surface area contributed by atoms with E-state index in [2.05, 4.69) is 15.5 Å². The Bertz CT molecular complexity index is 1150. The molecule has 2 N–H and O–H groups in total. The van der Waals surface area contributed by atoms with Gasteiger partial charge in [-0.05, 0) is 60.7 Å². The number of ether oxygens (including phenoxy) is 1. The predicted molar refractivity (Wildman–Crippen MR) is 111 cm³/mol. The number of anilines is 1. The van der Waals surface area contributed by atoms with Gasteiger partial charge in [-0.3, -0.25) is 9.89 Å². The summed E-state index contributed by atoms with van der Waals surface area (Å²) in [6, 6.07) is 19.5. The molecular weight excluding hydrogens is 350 g/mol. The molecule has 1 aliphatic carbocycles. The standard InChI is InChI=1S/C23H21N3O2/c27-23(19-11-5-7-15-6-1-4-10-18(15)19)24-22-20-14-17(12-13-21(20)25-26-22)28-16-8-2-3-9-16/h1,4-7,10-14,16H,2-3,8-9H2,(H2,24,25,26,27). The fourth-order valence-corrected chi connectivity index (χ4v) is 3.96. The Morgan fingerprint density at radius 2 is 1.82 bits per heavy atom. The maximum absolute atomic E-state index is 12.9. The number of H-pyrrole nitrogens is 1. The number of amides is 1. The number of rotatable bonds is 4. The van der Waals surface area contributed by atoms with Gasteiger partial charge in [0.25, 0.3) is 5.91 Å². The van der Waals surface area contributed by atoms with Gasteiger partial charge in [-0.2, -0.15) is 5.10 Å². The summed E-state index contributed by atoms with van der Waals surface area (Å²) in [4.78, 5) is 12.9. The molecule has 0 spiro atoms. The number of aromatic amines is 1. The Morgan fingerprint density at radius 3 is 2.71 bits per heavy atom. The van der Waals surface area contributed by atoms with Crippen LogP contribution < -0.4 is 10.1 Å². The van der Waals surface area contributed by atoms with Crippen molar-refractivity contribution in [2.24, 2.45) is 0 Å². The first-order valence-corrected chi connectivity index (χ1v) is 9.72. The van der Waals surface area contributed by atoms with Crippen LogP contribution in [0.4, 0.5) is 5.82 Å². The Labute approximate surface area is 162 Å². The van der Waals surface area contributed by atoms with Crippen molar-refractivity contribution in [1.29, 1.82) is 0 Å². The fraction of sp³-hybridized carbons (Fsp3) is 0.217. The van der Waals surface area contributed by atoms with E-state index in [0.717, 1.165) is 40.3 Å². The Balaban J connectivity index is 1.44. The SMILES string of the molecule is O=C(Nc1n[nH]c2ccc(OC3CCCC3)cc12)c1cccc2ccccc12. The van der Waals surface area contributed by atoms with E-state index in [-0.39, 0.29) is 12.0 Å². The van der Waals surface area contributed by atoms with E-state index in [1.54, 1.807) is 0 Å². The van der Waals surface area contributed by atoms with E-state index in [4.69, 9.17) is 4.74 Å². The second kappa shape index (κ2) is 7.00. The van der Waals surface area contributed by atoms with Crippen molar-refractivity contribution in [3.8, 4) is 5.75 Å². The number of nitrogens with one attached hydrogen (secondary N) is 2. The van der Waals surface area contributed by atoms with Gasteiger partial charge in [-0.15, -0.1) is 0 Å². The lowest BCUT2D eigenvalue weighted by Gasteiger charge is -2.13. The van der Waals surface area contributed by atoms with Crippen LogP contribution in [0.25, 0.3) is 21.7 Å². The lowest BCUT2D eigenvalue weighted by atomic mass is 10.0. The molecule has 0 aliphatic heterocycles. The van der Waals surface area contributed by atoms with Crippen LogP contribution in [0.5, 0.6) is 5.75 Å². The minimum atomic E-state index is -0.174. The van der Waals surface area contributed by atoms with Gasteiger partial charge in [0, 0.05) is 10.9 Å². The fourth-order valence-electron chi connectivity index (χ4n) is 3.96. The first-order chi connectivity index (χ1) is 13.8. The summed E-state index contributed by atoms with van der Waals surface area (Å²) in [7, 11) is 0. The molecule has 1 amide bonds. The summed E-state index contributed by atoms with van der Waals surface area (Å²) >= 11 is 0. The third-order valence-corrected chi connectivity index (χ3v) is 5.41. The molecule has 1 heterocycles. The monoisotopic (exact) mass is 371 g/mol. The number of carbonyl (C=O) groups is 1. The van der Waals surface area contributed by atoms with Crippen molar-refractivity contribution >= 4 is 33.4 Å². The average molecular weight is 371 g/mol. The van der Waals surface area contributed by atoms with Gasteiger partial charge in [0.1, 0.15) is 5.75 Å². The van der Waals surface area contributed by atoms with Crippen molar-refractivity contribution in [2.75, 3.05) is 5.32 Å².